The van der Waals surface area contributed by atoms with E-state index in [4.69, 9.17) is 0 Å². The summed E-state index contributed by atoms with van der Waals surface area (Å²) in [7, 11) is 0. The maximum Gasteiger partial charge on any atom is 0.326 e. The number of amides is 1. The van der Waals surface area contributed by atoms with Crippen LogP contribution in [0.2, 0.25) is 0 Å². The first-order valence-corrected chi connectivity index (χ1v) is 7.29. The number of nitrogens with one attached hydrogen (secondary N) is 2. The number of H-pyrrole nitrogens is 1. The van der Waals surface area contributed by atoms with Crippen molar-refractivity contribution in [1.29, 1.82) is 0 Å². The van der Waals surface area contributed by atoms with Crippen LogP contribution in [0.3, 0.4) is 0 Å². The van der Waals surface area contributed by atoms with Crippen LogP contribution < -0.4 is 5.32 Å². The summed E-state index contributed by atoms with van der Waals surface area (Å²) in [5.74, 6) is -2.20. The molecule has 7 heteroatoms. The van der Waals surface area contributed by atoms with E-state index in [1.54, 1.807) is 6.20 Å². The Kier molecular flexibility index (Phi) is 4.15. The van der Waals surface area contributed by atoms with E-state index in [-0.39, 0.29) is 17.9 Å². The zero-order valence-electron chi connectivity index (χ0n) is 12.6. The van der Waals surface area contributed by atoms with E-state index < -0.39 is 17.9 Å². The molecule has 122 valence electrons. The molecule has 0 radical (unpaired) electrons. The van der Waals surface area contributed by atoms with Crippen molar-refractivity contribution in [2.45, 2.75) is 12.5 Å². The largest absolute Gasteiger partial charge is 0.505 e. The number of aromatic hydroxyl groups is 1. The molecule has 1 amide bonds. The highest BCUT2D eigenvalue weighted by Gasteiger charge is 2.24. The average molecular weight is 325 g/mol. The Labute approximate surface area is 137 Å². The number of hydrogen-bond donors (Lipinski definition) is 4. The molecule has 0 aliphatic carbocycles. The third kappa shape index (κ3) is 3.05. The van der Waals surface area contributed by atoms with Crippen LogP contribution in [0.15, 0.2) is 48.8 Å². The second-order valence-corrected chi connectivity index (χ2v) is 5.30. The highest BCUT2D eigenvalue weighted by Crippen LogP contribution is 2.19. The minimum atomic E-state index is -1.16. The van der Waals surface area contributed by atoms with Crippen molar-refractivity contribution in [3.05, 3.63) is 60.0 Å². The molecule has 0 spiro atoms. The Hall–Kier alpha value is -3.35. The molecular formula is C17H15N3O4. The minimum Gasteiger partial charge on any atom is -0.505 e. The zero-order chi connectivity index (χ0) is 17.1. The Bertz CT molecular complexity index is 903. The topological polar surface area (TPSA) is 115 Å². The number of carboxylic acids is 1. The molecule has 24 heavy (non-hydrogen) atoms. The van der Waals surface area contributed by atoms with Gasteiger partial charge in [-0.3, -0.25) is 4.79 Å². The number of rotatable bonds is 5. The SMILES string of the molecule is O=C(NC(Cc1c[nH]c2ccccc12)C(=O)O)c1ncccc1O. The highest BCUT2D eigenvalue weighted by atomic mass is 16.4. The second-order valence-electron chi connectivity index (χ2n) is 5.30. The van der Waals surface area contributed by atoms with Gasteiger partial charge in [-0.2, -0.15) is 0 Å². The fraction of sp³-hybridized carbons (Fsp3) is 0.118. The molecule has 3 aromatic rings. The quantitative estimate of drug-likeness (QED) is 0.570. The number of aromatic nitrogens is 2. The predicted octanol–water partition coefficient (Wildman–Crippen LogP) is 1.69. The number of aromatic amines is 1. The molecule has 1 atom stereocenters. The number of pyridine rings is 1. The number of nitrogens with zero attached hydrogens (tertiary/aromatic N) is 1. The van der Waals surface area contributed by atoms with Crippen molar-refractivity contribution in [2.75, 3.05) is 0 Å². The standard InChI is InChI=1S/C17H15N3O4/c21-14-6-3-7-18-15(14)16(22)20-13(17(23)24)8-10-9-19-12-5-2-1-4-11(10)12/h1-7,9,13,19,21H,8H2,(H,20,22)(H,23,24). The first-order chi connectivity index (χ1) is 11.6. The van der Waals surface area contributed by atoms with Gasteiger partial charge in [-0.25, -0.2) is 9.78 Å². The van der Waals surface area contributed by atoms with E-state index in [2.05, 4.69) is 15.3 Å². The van der Waals surface area contributed by atoms with Crippen LogP contribution in [-0.2, 0) is 11.2 Å². The summed E-state index contributed by atoms with van der Waals surface area (Å²) in [4.78, 5) is 30.5. The monoisotopic (exact) mass is 325 g/mol. The van der Waals surface area contributed by atoms with Gasteiger partial charge < -0.3 is 20.5 Å². The van der Waals surface area contributed by atoms with Gasteiger partial charge in [-0.1, -0.05) is 18.2 Å². The first-order valence-electron chi connectivity index (χ1n) is 7.29. The zero-order valence-corrected chi connectivity index (χ0v) is 12.6. The summed E-state index contributed by atoms with van der Waals surface area (Å²) in [6.45, 7) is 0. The molecule has 0 saturated heterocycles. The van der Waals surface area contributed by atoms with Gasteiger partial charge in [-0.05, 0) is 23.8 Å². The van der Waals surface area contributed by atoms with Crippen molar-refractivity contribution >= 4 is 22.8 Å². The molecule has 0 aliphatic rings. The number of aliphatic carboxylic acids is 1. The fourth-order valence-electron chi connectivity index (χ4n) is 2.52. The van der Waals surface area contributed by atoms with E-state index in [1.165, 1.54) is 18.3 Å². The molecular weight excluding hydrogens is 310 g/mol. The molecule has 2 aromatic heterocycles. The Morgan fingerprint density at radius 1 is 1.21 bits per heavy atom. The summed E-state index contributed by atoms with van der Waals surface area (Å²) < 4.78 is 0. The van der Waals surface area contributed by atoms with Crippen molar-refractivity contribution < 1.29 is 19.8 Å². The van der Waals surface area contributed by atoms with Gasteiger partial charge in [0, 0.05) is 29.7 Å². The highest BCUT2D eigenvalue weighted by molar-refractivity contribution is 5.97. The van der Waals surface area contributed by atoms with E-state index in [0.29, 0.717) is 0 Å². The lowest BCUT2D eigenvalue weighted by atomic mass is 10.0. The van der Waals surface area contributed by atoms with Crippen molar-refractivity contribution in [2.24, 2.45) is 0 Å². The minimum absolute atomic E-state index is 0.110. The number of carbonyl (C=O) groups is 2. The fourth-order valence-corrected chi connectivity index (χ4v) is 2.52. The Morgan fingerprint density at radius 3 is 2.75 bits per heavy atom. The molecule has 1 aromatic carbocycles. The summed E-state index contributed by atoms with van der Waals surface area (Å²) in [5.41, 5.74) is 1.47. The summed E-state index contributed by atoms with van der Waals surface area (Å²) >= 11 is 0. The van der Waals surface area contributed by atoms with Gasteiger partial charge in [0.2, 0.25) is 0 Å². The lowest BCUT2D eigenvalue weighted by Gasteiger charge is -2.14. The van der Waals surface area contributed by atoms with Crippen LogP contribution in [-0.4, -0.2) is 38.1 Å². The summed E-state index contributed by atoms with van der Waals surface area (Å²) in [5, 5.41) is 22.4. The number of hydrogen-bond acceptors (Lipinski definition) is 4. The molecule has 0 fully saturated rings. The van der Waals surface area contributed by atoms with Crippen LogP contribution in [0, 0.1) is 0 Å². The Balaban J connectivity index is 1.82. The third-order valence-corrected chi connectivity index (χ3v) is 3.70. The van der Waals surface area contributed by atoms with E-state index in [0.717, 1.165) is 16.5 Å². The average Bonchev–Trinajstić information content (AvgIpc) is 2.97. The van der Waals surface area contributed by atoms with Crippen LogP contribution in [0.1, 0.15) is 16.1 Å². The molecule has 7 nitrogen and oxygen atoms in total. The normalized spacial score (nSPS) is 12.0. The second kappa shape index (κ2) is 6.41. The van der Waals surface area contributed by atoms with E-state index in [9.17, 15) is 19.8 Å². The number of carboxylic acid groups (broad SMARTS) is 1. The molecule has 4 N–H and O–H groups in total. The van der Waals surface area contributed by atoms with E-state index in [1.807, 2.05) is 24.3 Å². The van der Waals surface area contributed by atoms with Gasteiger partial charge in [-0.15, -0.1) is 0 Å². The number of para-hydroxylation sites is 1. The summed E-state index contributed by atoms with van der Waals surface area (Å²) in [6, 6.07) is 9.16. The number of fused-ring (bicyclic) bond motifs is 1. The van der Waals surface area contributed by atoms with E-state index >= 15 is 0 Å². The summed E-state index contributed by atoms with van der Waals surface area (Å²) in [6.07, 6.45) is 3.19. The van der Waals surface area contributed by atoms with Crippen LogP contribution in [0.4, 0.5) is 0 Å². The maximum atomic E-state index is 12.2. The van der Waals surface area contributed by atoms with Gasteiger partial charge in [0.15, 0.2) is 5.69 Å². The molecule has 2 heterocycles. The van der Waals surface area contributed by atoms with Gasteiger partial charge in [0.05, 0.1) is 0 Å². The molecule has 0 saturated carbocycles. The van der Waals surface area contributed by atoms with Gasteiger partial charge in [0.1, 0.15) is 11.8 Å². The Morgan fingerprint density at radius 2 is 2.00 bits per heavy atom. The number of benzene rings is 1. The first kappa shape index (κ1) is 15.5. The third-order valence-electron chi connectivity index (χ3n) is 3.70. The smallest absolute Gasteiger partial charge is 0.326 e. The molecule has 0 aliphatic heterocycles. The van der Waals surface area contributed by atoms with Gasteiger partial charge in [0.25, 0.3) is 5.91 Å². The van der Waals surface area contributed by atoms with Crippen molar-refractivity contribution in [3.63, 3.8) is 0 Å². The molecule has 3 rings (SSSR count). The molecule has 1 unspecified atom stereocenters. The number of carbonyl (C=O) groups excluding carboxylic acids is 1. The predicted molar refractivity (Wildman–Crippen MR) is 86.8 cm³/mol. The maximum absolute atomic E-state index is 12.2. The van der Waals surface area contributed by atoms with Crippen LogP contribution >= 0.6 is 0 Å². The van der Waals surface area contributed by atoms with Gasteiger partial charge >= 0.3 is 5.97 Å². The van der Waals surface area contributed by atoms with Crippen LogP contribution in [0.5, 0.6) is 5.75 Å². The lowest BCUT2D eigenvalue weighted by molar-refractivity contribution is -0.139. The van der Waals surface area contributed by atoms with Crippen LogP contribution in [0.25, 0.3) is 10.9 Å². The van der Waals surface area contributed by atoms with Crippen molar-refractivity contribution in [1.82, 2.24) is 15.3 Å². The lowest BCUT2D eigenvalue weighted by Crippen LogP contribution is -2.42. The van der Waals surface area contributed by atoms with Crippen molar-refractivity contribution in [3.8, 4) is 5.75 Å². The molecule has 0 bridgehead atoms.